The maximum absolute atomic E-state index is 12.4. The minimum atomic E-state index is -0.104. The van der Waals surface area contributed by atoms with Crippen molar-refractivity contribution < 1.29 is 9.26 Å². The maximum Gasteiger partial charge on any atom is 0.263 e. The molecule has 0 radical (unpaired) electrons. The molecular weight excluding hydrogens is 324 g/mol. The Morgan fingerprint density at radius 2 is 2.28 bits per heavy atom. The van der Waals surface area contributed by atoms with Crippen molar-refractivity contribution >= 4 is 0 Å². The van der Waals surface area contributed by atoms with Gasteiger partial charge in [-0.3, -0.25) is 4.79 Å². The summed E-state index contributed by atoms with van der Waals surface area (Å²) in [6.45, 7) is 2.06. The van der Waals surface area contributed by atoms with Gasteiger partial charge in [-0.25, -0.2) is 0 Å². The normalized spacial score (nSPS) is 14.0. The van der Waals surface area contributed by atoms with Gasteiger partial charge in [0, 0.05) is 44.0 Å². The van der Waals surface area contributed by atoms with Gasteiger partial charge < -0.3 is 19.1 Å². The van der Waals surface area contributed by atoms with E-state index in [-0.39, 0.29) is 5.56 Å². The topological polar surface area (TPSA) is 108 Å². The summed E-state index contributed by atoms with van der Waals surface area (Å²) in [5.41, 5.74) is 1.88. The molecule has 0 aromatic carbocycles. The number of nitrogens with one attached hydrogen (secondary N) is 1. The summed E-state index contributed by atoms with van der Waals surface area (Å²) in [5.74, 6) is 1.05. The van der Waals surface area contributed by atoms with Crippen LogP contribution in [0.3, 0.4) is 0 Å². The first kappa shape index (κ1) is 15.5. The Morgan fingerprint density at radius 3 is 3.08 bits per heavy atom. The van der Waals surface area contributed by atoms with E-state index in [1.807, 2.05) is 0 Å². The van der Waals surface area contributed by atoms with E-state index in [4.69, 9.17) is 9.26 Å². The van der Waals surface area contributed by atoms with Crippen molar-refractivity contribution in [2.75, 3.05) is 20.2 Å². The average molecular weight is 340 g/mol. The van der Waals surface area contributed by atoms with Crippen LogP contribution in [0.2, 0.25) is 0 Å². The molecule has 128 valence electrons. The molecule has 4 heterocycles. The maximum atomic E-state index is 12.4. The second-order valence-electron chi connectivity index (χ2n) is 5.56. The number of rotatable bonds is 3. The highest BCUT2D eigenvalue weighted by atomic mass is 16.5. The molecule has 0 unspecified atom stereocenters. The van der Waals surface area contributed by atoms with Gasteiger partial charge in [-0.15, -0.1) is 5.10 Å². The number of nitrogens with zero attached hydrogens (tertiary/aromatic N) is 5. The molecule has 9 heteroatoms. The van der Waals surface area contributed by atoms with Crippen molar-refractivity contribution in [3.8, 4) is 28.7 Å². The summed E-state index contributed by atoms with van der Waals surface area (Å²) in [4.78, 5) is 16.8. The van der Waals surface area contributed by atoms with Crippen LogP contribution >= 0.6 is 0 Å². The SMILES string of the molecule is COc1cc(=O)n2c(c1-c1nc(-c3cccnn3)no1)CCNCC2. The van der Waals surface area contributed by atoms with Crippen LogP contribution < -0.4 is 15.6 Å². The minimum absolute atomic E-state index is 0.104. The summed E-state index contributed by atoms with van der Waals surface area (Å²) in [7, 11) is 1.52. The van der Waals surface area contributed by atoms with E-state index in [0.29, 0.717) is 41.7 Å². The van der Waals surface area contributed by atoms with Crippen molar-refractivity contribution in [3.63, 3.8) is 0 Å². The van der Waals surface area contributed by atoms with Crippen LogP contribution in [0.15, 0.2) is 33.7 Å². The molecule has 0 spiro atoms. The molecule has 0 bridgehead atoms. The zero-order valence-corrected chi connectivity index (χ0v) is 13.6. The average Bonchev–Trinajstić information content (AvgIpc) is 2.99. The molecule has 9 nitrogen and oxygen atoms in total. The van der Waals surface area contributed by atoms with Crippen molar-refractivity contribution in [2.24, 2.45) is 0 Å². The van der Waals surface area contributed by atoms with Gasteiger partial charge >= 0.3 is 0 Å². The Labute approximate surface area is 142 Å². The molecule has 0 aliphatic carbocycles. The van der Waals surface area contributed by atoms with Gasteiger partial charge in [0.2, 0.25) is 5.82 Å². The highest BCUT2D eigenvalue weighted by molar-refractivity contribution is 5.67. The first-order chi connectivity index (χ1) is 12.3. The van der Waals surface area contributed by atoms with Crippen molar-refractivity contribution in [3.05, 3.63) is 40.4 Å². The van der Waals surface area contributed by atoms with Crippen LogP contribution in [0.1, 0.15) is 5.69 Å². The molecule has 1 aliphatic heterocycles. The van der Waals surface area contributed by atoms with Gasteiger partial charge in [0.05, 0.1) is 7.11 Å². The third-order valence-electron chi connectivity index (χ3n) is 4.09. The van der Waals surface area contributed by atoms with E-state index in [9.17, 15) is 4.79 Å². The number of aromatic nitrogens is 5. The van der Waals surface area contributed by atoms with E-state index in [1.54, 1.807) is 22.9 Å². The number of ether oxygens (including phenoxy) is 1. The zero-order valence-electron chi connectivity index (χ0n) is 13.6. The van der Waals surface area contributed by atoms with Crippen LogP contribution in [-0.4, -0.2) is 45.1 Å². The summed E-state index contributed by atoms with van der Waals surface area (Å²) < 4.78 is 12.6. The van der Waals surface area contributed by atoms with Crippen LogP contribution in [0.4, 0.5) is 0 Å². The van der Waals surface area contributed by atoms with Gasteiger partial charge in [-0.05, 0) is 12.1 Å². The van der Waals surface area contributed by atoms with Crippen LogP contribution in [0, 0.1) is 0 Å². The van der Waals surface area contributed by atoms with Gasteiger partial charge in [0.15, 0.2) is 0 Å². The number of fused-ring (bicyclic) bond motifs is 1. The van der Waals surface area contributed by atoms with E-state index < -0.39 is 0 Å². The Kier molecular flexibility index (Phi) is 3.98. The molecule has 3 aromatic rings. The molecule has 0 fully saturated rings. The van der Waals surface area contributed by atoms with E-state index in [0.717, 1.165) is 18.8 Å². The Bertz CT molecular complexity index is 950. The number of pyridine rings is 1. The first-order valence-electron chi connectivity index (χ1n) is 7.91. The molecule has 0 atom stereocenters. The lowest BCUT2D eigenvalue weighted by molar-refractivity contribution is 0.401. The van der Waals surface area contributed by atoms with Crippen LogP contribution in [0.5, 0.6) is 5.75 Å². The third-order valence-corrected chi connectivity index (χ3v) is 4.09. The lowest BCUT2D eigenvalue weighted by Crippen LogP contribution is -2.25. The monoisotopic (exact) mass is 340 g/mol. The highest BCUT2D eigenvalue weighted by Crippen LogP contribution is 2.32. The number of methoxy groups -OCH3 is 1. The number of hydrogen-bond donors (Lipinski definition) is 1. The van der Waals surface area contributed by atoms with Gasteiger partial charge in [-0.2, -0.15) is 10.1 Å². The van der Waals surface area contributed by atoms with E-state index in [1.165, 1.54) is 13.2 Å². The predicted molar refractivity (Wildman–Crippen MR) is 88.1 cm³/mol. The lowest BCUT2D eigenvalue weighted by Gasteiger charge is -2.14. The van der Waals surface area contributed by atoms with Crippen LogP contribution in [-0.2, 0) is 13.0 Å². The molecule has 0 amide bonds. The zero-order chi connectivity index (χ0) is 17.2. The van der Waals surface area contributed by atoms with Gasteiger partial charge in [-0.1, -0.05) is 5.16 Å². The fourth-order valence-electron chi connectivity index (χ4n) is 2.94. The molecule has 0 saturated heterocycles. The minimum Gasteiger partial charge on any atom is -0.496 e. The molecular formula is C16H16N6O3. The smallest absolute Gasteiger partial charge is 0.263 e. The summed E-state index contributed by atoms with van der Waals surface area (Å²) in [6.07, 6.45) is 2.23. The highest BCUT2D eigenvalue weighted by Gasteiger charge is 2.24. The summed E-state index contributed by atoms with van der Waals surface area (Å²) in [5, 5.41) is 15.1. The fraction of sp³-hybridized carbons (Fsp3) is 0.312. The van der Waals surface area contributed by atoms with E-state index in [2.05, 4.69) is 25.7 Å². The molecule has 4 rings (SSSR count). The summed E-state index contributed by atoms with van der Waals surface area (Å²) in [6, 6.07) is 4.95. The van der Waals surface area contributed by atoms with Gasteiger partial charge in [0.25, 0.3) is 11.4 Å². The fourth-order valence-corrected chi connectivity index (χ4v) is 2.94. The standard InChI is InChI=1S/C16H16N6O3/c1-24-12-9-13(23)22-8-7-17-6-4-11(22)14(12)16-19-15(21-25-16)10-3-2-5-18-20-10/h2-3,5,9,17H,4,6-8H2,1H3. The predicted octanol–water partition coefficient (Wildman–Crippen LogP) is 0.510. The van der Waals surface area contributed by atoms with E-state index >= 15 is 0 Å². The second kappa shape index (κ2) is 6.44. The third kappa shape index (κ3) is 2.78. The van der Waals surface area contributed by atoms with Crippen molar-refractivity contribution in [1.82, 2.24) is 30.2 Å². The largest absolute Gasteiger partial charge is 0.496 e. The first-order valence-corrected chi connectivity index (χ1v) is 7.91. The quantitative estimate of drug-likeness (QED) is 0.735. The van der Waals surface area contributed by atoms with Gasteiger partial charge in [0.1, 0.15) is 17.0 Å². The molecule has 0 saturated carbocycles. The van der Waals surface area contributed by atoms with Crippen molar-refractivity contribution in [1.29, 1.82) is 0 Å². The Hall–Kier alpha value is -3.07. The molecule has 25 heavy (non-hydrogen) atoms. The second-order valence-corrected chi connectivity index (χ2v) is 5.56. The Balaban J connectivity index is 1.88. The van der Waals surface area contributed by atoms with Crippen LogP contribution in [0.25, 0.3) is 23.0 Å². The number of hydrogen-bond acceptors (Lipinski definition) is 8. The summed E-state index contributed by atoms with van der Waals surface area (Å²) >= 11 is 0. The Morgan fingerprint density at radius 1 is 1.36 bits per heavy atom. The lowest BCUT2D eigenvalue weighted by atomic mass is 10.1. The molecule has 1 N–H and O–H groups in total. The molecule has 3 aromatic heterocycles. The van der Waals surface area contributed by atoms with Crippen molar-refractivity contribution in [2.45, 2.75) is 13.0 Å². The molecule has 1 aliphatic rings.